The summed E-state index contributed by atoms with van der Waals surface area (Å²) in [7, 11) is 1.26. The standard InChI is InChI=1S/C14H21ClN2O3S/c1-16-8-11-6-12(15)7-13(14(11)20-3)21(18,19)17(2)9-10-4-5-10/h6-7,10,16H,4-5,8-9H2,1-3H3. The number of nitrogens with zero attached hydrogens (tertiary/aromatic N) is 1. The zero-order valence-electron chi connectivity index (χ0n) is 12.5. The maximum atomic E-state index is 12.8. The molecule has 7 heteroatoms. The average molecular weight is 333 g/mol. The molecule has 1 aliphatic rings. The Kier molecular flexibility index (Phi) is 5.14. The van der Waals surface area contributed by atoms with Gasteiger partial charge in [-0.05, 0) is 37.9 Å². The third kappa shape index (κ3) is 3.69. The van der Waals surface area contributed by atoms with Crippen LogP contribution in [-0.4, -0.2) is 40.5 Å². The van der Waals surface area contributed by atoms with Crippen molar-refractivity contribution >= 4 is 21.6 Å². The van der Waals surface area contributed by atoms with Crippen LogP contribution in [-0.2, 0) is 16.6 Å². The van der Waals surface area contributed by atoms with Crippen molar-refractivity contribution in [2.24, 2.45) is 5.92 Å². The van der Waals surface area contributed by atoms with E-state index in [1.54, 1.807) is 20.2 Å². The van der Waals surface area contributed by atoms with Crippen molar-refractivity contribution in [3.8, 4) is 5.75 Å². The molecular weight excluding hydrogens is 312 g/mol. The van der Waals surface area contributed by atoms with Crippen LogP contribution < -0.4 is 10.1 Å². The Hall–Kier alpha value is -0.820. The predicted molar refractivity (Wildman–Crippen MR) is 83.3 cm³/mol. The van der Waals surface area contributed by atoms with Crippen molar-refractivity contribution in [2.45, 2.75) is 24.3 Å². The zero-order chi connectivity index (χ0) is 15.6. The van der Waals surface area contributed by atoms with E-state index in [2.05, 4.69) is 5.32 Å². The lowest BCUT2D eigenvalue weighted by Gasteiger charge is -2.20. The summed E-state index contributed by atoms with van der Waals surface area (Å²) in [5.74, 6) is 0.836. The Morgan fingerprint density at radius 2 is 2.10 bits per heavy atom. The molecule has 0 radical (unpaired) electrons. The lowest BCUT2D eigenvalue weighted by molar-refractivity contribution is 0.391. The number of hydrogen-bond donors (Lipinski definition) is 1. The summed E-state index contributed by atoms with van der Waals surface area (Å²) in [6, 6.07) is 3.18. The summed E-state index contributed by atoms with van der Waals surface area (Å²) in [6.07, 6.45) is 2.19. The molecule has 0 spiro atoms. The van der Waals surface area contributed by atoms with E-state index >= 15 is 0 Å². The van der Waals surface area contributed by atoms with E-state index in [1.807, 2.05) is 0 Å². The Morgan fingerprint density at radius 3 is 2.62 bits per heavy atom. The maximum Gasteiger partial charge on any atom is 0.246 e. The number of methoxy groups -OCH3 is 1. The highest BCUT2D eigenvalue weighted by Crippen LogP contribution is 2.35. The molecule has 1 saturated carbocycles. The van der Waals surface area contributed by atoms with Gasteiger partial charge in [-0.1, -0.05) is 11.6 Å². The highest BCUT2D eigenvalue weighted by Gasteiger charge is 2.31. The van der Waals surface area contributed by atoms with Gasteiger partial charge in [-0.15, -0.1) is 0 Å². The molecular formula is C14H21ClN2O3S. The quantitative estimate of drug-likeness (QED) is 0.830. The maximum absolute atomic E-state index is 12.8. The van der Waals surface area contributed by atoms with Gasteiger partial charge in [0.25, 0.3) is 0 Å². The molecule has 0 saturated heterocycles. The van der Waals surface area contributed by atoms with Crippen LogP contribution in [0, 0.1) is 5.92 Å². The van der Waals surface area contributed by atoms with Crippen LogP contribution in [0.3, 0.4) is 0 Å². The van der Waals surface area contributed by atoms with Crippen molar-refractivity contribution in [1.82, 2.24) is 9.62 Å². The van der Waals surface area contributed by atoms with E-state index in [-0.39, 0.29) is 4.90 Å². The van der Waals surface area contributed by atoms with Crippen molar-refractivity contribution in [3.05, 3.63) is 22.7 Å². The fraction of sp³-hybridized carbons (Fsp3) is 0.571. The first-order valence-corrected chi connectivity index (χ1v) is 8.69. The Bertz CT molecular complexity index is 615. The largest absolute Gasteiger partial charge is 0.495 e. The molecule has 1 aromatic rings. The van der Waals surface area contributed by atoms with Gasteiger partial charge < -0.3 is 10.1 Å². The summed E-state index contributed by atoms with van der Waals surface area (Å²) in [5.41, 5.74) is 0.728. The van der Waals surface area contributed by atoms with Crippen LogP contribution in [0.4, 0.5) is 0 Å². The number of sulfonamides is 1. The fourth-order valence-electron chi connectivity index (χ4n) is 2.30. The van der Waals surface area contributed by atoms with Crippen molar-refractivity contribution in [1.29, 1.82) is 0 Å². The highest BCUT2D eigenvalue weighted by atomic mass is 35.5. The normalized spacial score (nSPS) is 15.5. The molecule has 0 amide bonds. The topological polar surface area (TPSA) is 58.6 Å². The van der Waals surface area contributed by atoms with Crippen LogP contribution in [0.1, 0.15) is 18.4 Å². The monoisotopic (exact) mass is 332 g/mol. The van der Waals surface area contributed by atoms with Crippen LogP contribution in [0.5, 0.6) is 5.75 Å². The van der Waals surface area contributed by atoms with Gasteiger partial charge in [0.05, 0.1) is 7.11 Å². The third-order valence-electron chi connectivity index (χ3n) is 3.57. The Labute approximate surface area is 131 Å². The van der Waals surface area contributed by atoms with Gasteiger partial charge in [0.2, 0.25) is 10.0 Å². The number of halogens is 1. The molecule has 21 heavy (non-hydrogen) atoms. The summed E-state index contributed by atoms with van der Waals surface area (Å²) < 4.78 is 32.2. The summed E-state index contributed by atoms with van der Waals surface area (Å²) in [4.78, 5) is 0.130. The lowest BCUT2D eigenvalue weighted by atomic mass is 10.2. The first-order chi connectivity index (χ1) is 9.90. The second-order valence-electron chi connectivity index (χ2n) is 5.36. The van der Waals surface area contributed by atoms with Gasteiger partial charge >= 0.3 is 0 Å². The SMILES string of the molecule is CNCc1cc(Cl)cc(S(=O)(=O)N(C)CC2CC2)c1OC. The van der Waals surface area contributed by atoms with E-state index in [0.29, 0.717) is 29.8 Å². The van der Waals surface area contributed by atoms with Gasteiger partial charge in [-0.25, -0.2) is 12.7 Å². The van der Waals surface area contributed by atoms with E-state index in [1.165, 1.54) is 17.5 Å². The molecule has 1 aliphatic carbocycles. The minimum atomic E-state index is -3.60. The summed E-state index contributed by atoms with van der Waals surface area (Å²) in [5, 5.41) is 3.38. The van der Waals surface area contributed by atoms with Gasteiger partial charge in [0.1, 0.15) is 10.6 Å². The highest BCUT2D eigenvalue weighted by molar-refractivity contribution is 7.89. The van der Waals surface area contributed by atoms with E-state index in [4.69, 9.17) is 16.3 Å². The van der Waals surface area contributed by atoms with Crippen LogP contribution in [0.25, 0.3) is 0 Å². The number of hydrogen-bond acceptors (Lipinski definition) is 4. The number of ether oxygens (including phenoxy) is 1. The van der Waals surface area contributed by atoms with Gasteiger partial charge in [-0.3, -0.25) is 0 Å². The van der Waals surface area contributed by atoms with Crippen LogP contribution in [0.15, 0.2) is 17.0 Å². The average Bonchev–Trinajstić information content (AvgIpc) is 3.22. The first kappa shape index (κ1) is 16.5. The van der Waals surface area contributed by atoms with Crippen LogP contribution >= 0.6 is 11.6 Å². The molecule has 0 aromatic heterocycles. The third-order valence-corrected chi connectivity index (χ3v) is 5.62. The van der Waals surface area contributed by atoms with Gasteiger partial charge in [0.15, 0.2) is 0 Å². The lowest BCUT2D eigenvalue weighted by Crippen LogP contribution is -2.29. The van der Waals surface area contributed by atoms with Crippen molar-refractivity contribution < 1.29 is 13.2 Å². The van der Waals surface area contributed by atoms with Crippen molar-refractivity contribution in [2.75, 3.05) is 27.7 Å². The smallest absolute Gasteiger partial charge is 0.246 e. The van der Waals surface area contributed by atoms with Crippen LogP contribution in [0.2, 0.25) is 5.02 Å². The Balaban J connectivity index is 2.44. The Morgan fingerprint density at radius 1 is 1.43 bits per heavy atom. The zero-order valence-corrected chi connectivity index (χ0v) is 14.1. The van der Waals surface area contributed by atoms with E-state index in [9.17, 15) is 8.42 Å². The number of benzene rings is 1. The minimum Gasteiger partial charge on any atom is -0.495 e. The fourth-order valence-corrected chi connectivity index (χ4v) is 4.07. The second kappa shape index (κ2) is 6.52. The number of nitrogens with one attached hydrogen (secondary N) is 1. The summed E-state index contributed by atoms with van der Waals surface area (Å²) in [6.45, 7) is 1.03. The van der Waals surface area contributed by atoms with E-state index in [0.717, 1.165) is 18.4 Å². The molecule has 0 heterocycles. The molecule has 0 aliphatic heterocycles. The van der Waals surface area contributed by atoms with E-state index < -0.39 is 10.0 Å². The second-order valence-corrected chi connectivity index (χ2v) is 7.81. The molecule has 118 valence electrons. The van der Waals surface area contributed by atoms with Gasteiger partial charge in [0, 0.05) is 30.7 Å². The molecule has 5 nitrogen and oxygen atoms in total. The molecule has 0 bridgehead atoms. The van der Waals surface area contributed by atoms with Gasteiger partial charge in [-0.2, -0.15) is 0 Å². The molecule has 0 unspecified atom stereocenters. The molecule has 1 N–H and O–H groups in total. The molecule has 1 fully saturated rings. The number of rotatable bonds is 7. The first-order valence-electron chi connectivity index (χ1n) is 6.87. The summed E-state index contributed by atoms with van der Waals surface area (Å²) >= 11 is 6.08. The molecule has 2 rings (SSSR count). The minimum absolute atomic E-state index is 0.130. The molecule has 0 atom stereocenters. The van der Waals surface area contributed by atoms with Crippen molar-refractivity contribution in [3.63, 3.8) is 0 Å². The molecule has 1 aromatic carbocycles. The predicted octanol–water partition coefficient (Wildman–Crippen LogP) is 2.10.